The third-order valence-corrected chi connectivity index (χ3v) is 6.66. The van der Waals surface area contributed by atoms with E-state index in [0.717, 1.165) is 18.4 Å². The summed E-state index contributed by atoms with van der Waals surface area (Å²) in [4.78, 5) is 0. The molecule has 3 rings (SSSR count). The first kappa shape index (κ1) is 19.4. The molecule has 0 radical (unpaired) electrons. The number of thioether (sulfide) groups is 1. The number of hydrogen-bond donors (Lipinski definition) is 4. The van der Waals surface area contributed by atoms with Gasteiger partial charge in [0.25, 0.3) is 0 Å². The Balaban J connectivity index is 1.72. The van der Waals surface area contributed by atoms with Gasteiger partial charge in [-0.1, -0.05) is 55.5 Å². The molecule has 4 N–H and O–H groups in total. The third-order valence-electron chi connectivity index (χ3n) is 5.04. The molecule has 0 aromatic heterocycles. The fourth-order valence-electron chi connectivity index (χ4n) is 3.33. The van der Waals surface area contributed by atoms with Crippen LogP contribution in [0, 0.1) is 0 Å². The molecule has 1 saturated heterocycles. The number of rotatable bonds is 5. The third kappa shape index (κ3) is 4.13. The second kappa shape index (κ2) is 8.55. The van der Waals surface area contributed by atoms with Gasteiger partial charge < -0.3 is 20.4 Å². The Morgan fingerprint density at radius 1 is 0.769 bits per heavy atom. The Hall–Kier alpha value is -1.37. The van der Waals surface area contributed by atoms with E-state index >= 15 is 0 Å². The summed E-state index contributed by atoms with van der Waals surface area (Å²) in [6.45, 7) is 1.90. The van der Waals surface area contributed by atoms with Crippen LogP contribution in [0.15, 0.2) is 48.5 Å². The predicted octanol–water partition coefficient (Wildman–Crippen LogP) is 2.07. The summed E-state index contributed by atoms with van der Waals surface area (Å²) < 4.78 is 0. The van der Waals surface area contributed by atoms with E-state index < -0.39 is 23.6 Å². The molecule has 0 unspecified atom stereocenters. The van der Waals surface area contributed by atoms with Crippen molar-refractivity contribution in [2.24, 2.45) is 0 Å². The van der Waals surface area contributed by atoms with Gasteiger partial charge in [0.2, 0.25) is 0 Å². The highest BCUT2D eigenvalue weighted by molar-refractivity contribution is 8.00. The summed E-state index contributed by atoms with van der Waals surface area (Å²) in [6.07, 6.45) is -1.57. The molecule has 0 spiro atoms. The van der Waals surface area contributed by atoms with E-state index in [4.69, 9.17) is 0 Å². The first-order valence-electron chi connectivity index (χ1n) is 9.00. The van der Waals surface area contributed by atoms with Crippen molar-refractivity contribution in [1.29, 1.82) is 0 Å². The summed E-state index contributed by atoms with van der Waals surface area (Å²) in [5, 5.41) is 38.8. The van der Waals surface area contributed by atoms with Gasteiger partial charge in [-0.25, -0.2) is 0 Å². The highest BCUT2D eigenvalue weighted by Crippen LogP contribution is 2.43. The molecular formula is C21H26O4S. The molecule has 1 heterocycles. The molecule has 140 valence electrons. The maximum atomic E-state index is 10.3. The lowest BCUT2D eigenvalue weighted by Crippen LogP contribution is -2.51. The molecule has 0 bridgehead atoms. The van der Waals surface area contributed by atoms with Crippen LogP contribution < -0.4 is 0 Å². The summed E-state index contributed by atoms with van der Waals surface area (Å²) in [5.41, 5.74) is 4.64. The minimum Gasteiger partial charge on any atom is -0.395 e. The fourth-order valence-corrected chi connectivity index (χ4v) is 4.75. The van der Waals surface area contributed by atoms with Gasteiger partial charge in [-0.05, 0) is 35.1 Å². The van der Waals surface area contributed by atoms with Gasteiger partial charge in [0, 0.05) is 0 Å². The van der Waals surface area contributed by atoms with E-state index in [0.29, 0.717) is 0 Å². The SMILES string of the molecule is CCc1ccc(Cc2ccc([C@@H]3S[C@H](CO)[C@@H](O)[C@H](O)[C@H]3O)cc2)cc1. The van der Waals surface area contributed by atoms with Crippen LogP contribution >= 0.6 is 11.8 Å². The Labute approximate surface area is 158 Å². The van der Waals surface area contributed by atoms with Crippen LogP contribution in [0.4, 0.5) is 0 Å². The van der Waals surface area contributed by atoms with E-state index in [1.807, 2.05) is 24.3 Å². The van der Waals surface area contributed by atoms with E-state index in [1.165, 1.54) is 28.5 Å². The molecule has 2 aromatic carbocycles. The smallest absolute Gasteiger partial charge is 0.108 e. The largest absolute Gasteiger partial charge is 0.395 e. The van der Waals surface area contributed by atoms with Crippen molar-refractivity contribution in [2.45, 2.75) is 48.6 Å². The van der Waals surface area contributed by atoms with Crippen LogP contribution in [0.3, 0.4) is 0 Å². The van der Waals surface area contributed by atoms with Crippen LogP contribution in [-0.4, -0.2) is 50.6 Å². The Morgan fingerprint density at radius 3 is 1.85 bits per heavy atom. The van der Waals surface area contributed by atoms with E-state index in [1.54, 1.807) is 0 Å². The van der Waals surface area contributed by atoms with Gasteiger partial charge in [-0.2, -0.15) is 0 Å². The molecular weight excluding hydrogens is 348 g/mol. The van der Waals surface area contributed by atoms with Gasteiger partial charge in [0.15, 0.2) is 0 Å². The van der Waals surface area contributed by atoms with Crippen molar-refractivity contribution in [2.75, 3.05) is 6.61 Å². The molecule has 5 atom stereocenters. The highest BCUT2D eigenvalue weighted by Gasteiger charge is 2.43. The van der Waals surface area contributed by atoms with Crippen LogP contribution in [0.2, 0.25) is 0 Å². The van der Waals surface area contributed by atoms with Crippen LogP contribution in [-0.2, 0) is 12.8 Å². The first-order valence-corrected chi connectivity index (χ1v) is 9.95. The molecule has 4 nitrogen and oxygen atoms in total. The number of hydrogen-bond acceptors (Lipinski definition) is 5. The number of aliphatic hydroxyl groups excluding tert-OH is 4. The molecule has 1 fully saturated rings. The van der Waals surface area contributed by atoms with Gasteiger partial charge >= 0.3 is 0 Å². The van der Waals surface area contributed by atoms with Gasteiger partial charge in [-0.15, -0.1) is 11.8 Å². The monoisotopic (exact) mass is 374 g/mol. The van der Waals surface area contributed by atoms with E-state index in [-0.39, 0.29) is 11.9 Å². The summed E-state index contributed by atoms with van der Waals surface area (Å²) in [7, 11) is 0. The van der Waals surface area contributed by atoms with Crippen molar-refractivity contribution in [3.8, 4) is 0 Å². The standard InChI is InChI=1S/C21H26O4S/c1-2-13-3-5-14(6-4-13)11-15-7-9-16(10-8-15)21-20(25)19(24)18(23)17(12-22)26-21/h3-10,17-25H,2,11-12H2,1H3/t17-,18-,19+,20-,21+/m1/s1. The zero-order valence-corrected chi connectivity index (χ0v) is 15.6. The summed E-state index contributed by atoms with van der Waals surface area (Å²) in [5.74, 6) is 0. The van der Waals surface area contributed by atoms with Crippen molar-refractivity contribution >= 4 is 11.8 Å². The first-order chi connectivity index (χ1) is 12.5. The minimum atomic E-state index is -1.25. The molecule has 0 aliphatic carbocycles. The molecule has 0 amide bonds. The number of aryl methyl sites for hydroxylation is 1. The second-order valence-electron chi connectivity index (χ2n) is 6.84. The quantitative estimate of drug-likeness (QED) is 0.644. The summed E-state index contributed by atoms with van der Waals surface area (Å²) >= 11 is 1.31. The normalized spacial score (nSPS) is 28.9. The van der Waals surface area contributed by atoms with Crippen molar-refractivity contribution in [3.63, 3.8) is 0 Å². The molecule has 1 aliphatic rings. The lowest BCUT2D eigenvalue weighted by molar-refractivity contribution is -0.0700. The topological polar surface area (TPSA) is 80.9 Å². The Bertz CT molecular complexity index is 699. The van der Waals surface area contributed by atoms with Crippen LogP contribution in [0.5, 0.6) is 0 Å². The van der Waals surface area contributed by atoms with E-state index in [2.05, 4.69) is 31.2 Å². The molecule has 0 saturated carbocycles. The van der Waals surface area contributed by atoms with E-state index in [9.17, 15) is 20.4 Å². The molecule has 26 heavy (non-hydrogen) atoms. The number of aliphatic hydroxyl groups is 4. The summed E-state index contributed by atoms with van der Waals surface area (Å²) in [6, 6.07) is 16.6. The average molecular weight is 375 g/mol. The number of benzene rings is 2. The lowest BCUT2D eigenvalue weighted by atomic mass is 9.95. The molecule has 5 heteroatoms. The fraction of sp³-hybridized carbons (Fsp3) is 0.429. The van der Waals surface area contributed by atoms with Gasteiger partial charge in [0.05, 0.1) is 29.3 Å². The minimum absolute atomic E-state index is 0.238. The predicted molar refractivity (Wildman–Crippen MR) is 104 cm³/mol. The maximum Gasteiger partial charge on any atom is 0.108 e. The second-order valence-corrected chi connectivity index (χ2v) is 8.22. The Kier molecular flexibility index (Phi) is 6.37. The van der Waals surface area contributed by atoms with Crippen LogP contribution in [0.25, 0.3) is 0 Å². The zero-order valence-electron chi connectivity index (χ0n) is 14.8. The van der Waals surface area contributed by atoms with Gasteiger partial charge in [0.1, 0.15) is 6.10 Å². The molecule has 2 aromatic rings. The average Bonchev–Trinajstić information content (AvgIpc) is 2.68. The van der Waals surface area contributed by atoms with Crippen molar-refractivity contribution in [3.05, 3.63) is 70.8 Å². The zero-order chi connectivity index (χ0) is 18.7. The molecule has 1 aliphatic heterocycles. The Morgan fingerprint density at radius 2 is 1.31 bits per heavy atom. The lowest BCUT2D eigenvalue weighted by Gasteiger charge is -2.39. The van der Waals surface area contributed by atoms with Crippen LogP contribution in [0.1, 0.15) is 34.4 Å². The van der Waals surface area contributed by atoms with Crippen molar-refractivity contribution in [1.82, 2.24) is 0 Å². The highest BCUT2D eigenvalue weighted by atomic mass is 32.2. The van der Waals surface area contributed by atoms with Gasteiger partial charge in [-0.3, -0.25) is 0 Å². The van der Waals surface area contributed by atoms with Crippen molar-refractivity contribution < 1.29 is 20.4 Å². The maximum absolute atomic E-state index is 10.3.